The second kappa shape index (κ2) is 6.79. The van der Waals surface area contributed by atoms with Crippen LogP contribution in [0.1, 0.15) is 36.7 Å². The molecule has 0 N–H and O–H groups in total. The van der Waals surface area contributed by atoms with E-state index in [9.17, 15) is 8.42 Å². The maximum atomic E-state index is 12.7. The van der Waals surface area contributed by atoms with E-state index in [1.807, 2.05) is 13.8 Å². The van der Waals surface area contributed by atoms with Gasteiger partial charge in [-0.15, -0.1) is 0 Å². The highest BCUT2D eigenvalue weighted by Gasteiger charge is 2.25. The SMILES string of the molecule is CCCCn1c(S(=O)(=O)Cc2cccnc2Cl)nc(C)c1C. The van der Waals surface area contributed by atoms with Gasteiger partial charge in [-0.1, -0.05) is 31.0 Å². The lowest BCUT2D eigenvalue weighted by Gasteiger charge is -2.10. The van der Waals surface area contributed by atoms with E-state index in [2.05, 4.69) is 16.9 Å². The summed E-state index contributed by atoms with van der Waals surface area (Å²) in [5.74, 6) is -0.193. The van der Waals surface area contributed by atoms with Crippen molar-refractivity contribution in [3.63, 3.8) is 0 Å². The number of halogens is 1. The smallest absolute Gasteiger partial charge is 0.228 e. The van der Waals surface area contributed by atoms with E-state index in [-0.39, 0.29) is 16.1 Å². The van der Waals surface area contributed by atoms with Gasteiger partial charge in [0.1, 0.15) is 5.15 Å². The number of hydrogen-bond donors (Lipinski definition) is 0. The minimum atomic E-state index is -3.57. The predicted molar refractivity (Wildman–Crippen MR) is 86.7 cm³/mol. The van der Waals surface area contributed by atoms with E-state index in [0.717, 1.165) is 24.2 Å². The third-order valence-corrected chi connectivity index (χ3v) is 5.52. The second-order valence-electron chi connectivity index (χ2n) is 5.28. The molecule has 2 heterocycles. The first kappa shape index (κ1) is 17.0. The van der Waals surface area contributed by atoms with Crippen molar-refractivity contribution >= 4 is 21.4 Å². The van der Waals surface area contributed by atoms with Crippen molar-refractivity contribution in [2.75, 3.05) is 0 Å². The first-order valence-electron chi connectivity index (χ1n) is 7.22. The number of aryl methyl sites for hydroxylation is 1. The Morgan fingerprint density at radius 3 is 2.68 bits per heavy atom. The summed E-state index contributed by atoms with van der Waals surface area (Å²) < 4.78 is 27.3. The van der Waals surface area contributed by atoms with Crippen molar-refractivity contribution in [1.82, 2.24) is 14.5 Å². The Labute approximate surface area is 136 Å². The van der Waals surface area contributed by atoms with Crippen molar-refractivity contribution in [2.24, 2.45) is 0 Å². The molecule has 0 radical (unpaired) electrons. The summed E-state index contributed by atoms with van der Waals surface area (Å²) >= 11 is 5.97. The normalized spacial score (nSPS) is 11.8. The summed E-state index contributed by atoms with van der Waals surface area (Å²) in [5.41, 5.74) is 2.13. The van der Waals surface area contributed by atoms with Crippen LogP contribution < -0.4 is 0 Å². The van der Waals surface area contributed by atoms with Gasteiger partial charge in [0.25, 0.3) is 0 Å². The number of rotatable bonds is 6. The van der Waals surface area contributed by atoms with E-state index >= 15 is 0 Å². The van der Waals surface area contributed by atoms with Gasteiger partial charge >= 0.3 is 0 Å². The largest absolute Gasteiger partial charge is 0.319 e. The second-order valence-corrected chi connectivity index (χ2v) is 7.52. The molecule has 0 aliphatic carbocycles. The van der Waals surface area contributed by atoms with Crippen molar-refractivity contribution in [3.8, 4) is 0 Å². The van der Waals surface area contributed by atoms with Gasteiger partial charge in [0.05, 0.1) is 11.4 Å². The van der Waals surface area contributed by atoms with E-state index in [4.69, 9.17) is 11.6 Å². The lowest BCUT2D eigenvalue weighted by molar-refractivity contribution is 0.538. The average molecular weight is 342 g/mol. The number of sulfone groups is 1. The molecule has 120 valence electrons. The number of imidazole rings is 1. The molecule has 2 aromatic rings. The van der Waals surface area contributed by atoms with Gasteiger partial charge in [-0.25, -0.2) is 18.4 Å². The standard InChI is InChI=1S/C15H20ClN3O2S/c1-4-5-9-19-12(3)11(2)18-15(19)22(20,21)10-13-7-6-8-17-14(13)16/h6-8H,4-5,9-10H2,1-3H3. The minimum Gasteiger partial charge on any atom is -0.319 e. The van der Waals surface area contributed by atoms with Crippen molar-refractivity contribution in [2.45, 2.75) is 51.1 Å². The summed E-state index contributed by atoms with van der Waals surface area (Å²) in [6, 6.07) is 3.35. The molecule has 5 nitrogen and oxygen atoms in total. The van der Waals surface area contributed by atoms with Gasteiger partial charge < -0.3 is 4.57 Å². The van der Waals surface area contributed by atoms with Crippen LogP contribution in [0, 0.1) is 13.8 Å². The maximum Gasteiger partial charge on any atom is 0.228 e. The Balaban J connectivity index is 2.41. The highest BCUT2D eigenvalue weighted by Crippen LogP contribution is 2.22. The van der Waals surface area contributed by atoms with Crippen LogP contribution in [0.15, 0.2) is 23.5 Å². The van der Waals surface area contributed by atoms with Crippen LogP contribution >= 0.6 is 11.6 Å². The van der Waals surface area contributed by atoms with Crippen LogP contribution in [0.3, 0.4) is 0 Å². The molecule has 2 rings (SSSR count). The molecule has 0 bridgehead atoms. The summed E-state index contributed by atoms with van der Waals surface area (Å²) in [6.45, 7) is 6.45. The maximum absolute atomic E-state index is 12.7. The summed E-state index contributed by atoms with van der Waals surface area (Å²) in [4.78, 5) is 8.20. The Bertz CT molecular complexity index is 769. The fourth-order valence-electron chi connectivity index (χ4n) is 2.24. The van der Waals surface area contributed by atoms with Gasteiger partial charge in [0.2, 0.25) is 15.0 Å². The first-order chi connectivity index (χ1) is 10.4. The third-order valence-electron chi connectivity index (χ3n) is 3.62. The molecule has 0 aliphatic heterocycles. The molecule has 2 aromatic heterocycles. The molecule has 0 amide bonds. The first-order valence-corrected chi connectivity index (χ1v) is 9.25. The average Bonchev–Trinajstić information content (AvgIpc) is 2.76. The number of pyridine rings is 1. The molecule has 0 unspecified atom stereocenters. The van der Waals surface area contributed by atoms with Crippen LogP contribution in [0.2, 0.25) is 5.15 Å². The molecule has 0 atom stereocenters. The van der Waals surface area contributed by atoms with E-state index in [1.165, 1.54) is 6.20 Å². The van der Waals surface area contributed by atoms with Crippen molar-refractivity contribution in [1.29, 1.82) is 0 Å². The molecule has 22 heavy (non-hydrogen) atoms. The lowest BCUT2D eigenvalue weighted by Crippen LogP contribution is -2.14. The van der Waals surface area contributed by atoms with Crippen LogP contribution in [-0.2, 0) is 22.1 Å². The number of hydrogen-bond acceptors (Lipinski definition) is 4. The lowest BCUT2D eigenvalue weighted by atomic mass is 10.3. The molecule has 0 fully saturated rings. The van der Waals surface area contributed by atoms with E-state index in [1.54, 1.807) is 16.7 Å². The fraction of sp³-hybridized carbons (Fsp3) is 0.467. The molecular formula is C15H20ClN3O2S. The highest BCUT2D eigenvalue weighted by atomic mass is 35.5. The zero-order valence-corrected chi connectivity index (χ0v) is 14.6. The topological polar surface area (TPSA) is 64.8 Å². The monoisotopic (exact) mass is 341 g/mol. The van der Waals surface area contributed by atoms with Gasteiger partial charge in [0, 0.05) is 24.0 Å². The van der Waals surface area contributed by atoms with Gasteiger partial charge in [-0.2, -0.15) is 0 Å². The van der Waals surface area contributed by atoms with Crippen LogP contribution in [0.25, 0.3) is 0 Å². The molecule has 0 spiro atoms. The third kappa shape index (κ3) is 3.50. The number of aromatic nitrogens is 3. The van der Waals surface area contributed by atoms with Crippen molar-refractivity contribution < 1.29 is 8.42 Å². The van der Waals surface area contributed by atoms with Gasteiger partial charge in [-0.05, 0) is 26.3 Å². The summed E-state index contributed by atoms with van der Waals surface area (Å²) in [7, 11) is -3.57. The van der Waals surface area contributed by atoms with E-state index in [0.29, 0.717) is 12.1 Å². The van der Waals surface area contributed by atoms with Gasteiger partial charge in [0.15, 0.2) is 0 Å². The Morgan fingerprint density at radius 1 is 1.32 bits per heavy atom. The predicted octanol–water partition coefficient (Wildman–Crippen LogP) is 3.32. The highest BCUT2D eigenvalue weighted by molar-refractivity contribution is 7.90. The van der Waals surface area contributed by atoms with Crippen LogP contribution in [-0.4, -0.2) is 23.0 Å². The Kier molecular flexibility index (Phi) is 5.24. The molecule has 0 saturated heterocycles. The van der Waals surface area contributed by atoms with Crippen LogP contribution in [0.4, 0.5) is 0 Å². The molecular weight excluding hydrogens is 322 g/mol. The number of nitrogens with zero attached hydrogens (tertiary/aromatic N) is 3. The fourth-order valence-corrected chi connectivity index (χ4v) is 4.11. The Morgan fingerprint density at radius 2 is 2.05 bits per heavy atom. The molecule has 0 saturated carbocycles. The summed E-state index contributed by atoms with van der Waals surface area (Å²) in [5, 5.41) is 0.335. The zero-order valence-electron chi connectivity index (χ0n) is 13.0. The van der Waals surface area contributed by atoms with Gasteiger partial charge in [-0.3, -0.25) is 0 Å². The molecule has 0 aromatic carbocycles. The summed E-state index contributed by atoms with van der Waals surface area (Å²) in [6.07, 6.45) is 3.44. The quantitative estimate of drug-likeness (QED) is 0.756. The molecule has 7 heteroatoms. The van der Waals surface area contributed by atoms with Crippen molar-refractivity contribution in [3.05, 3.63) is 40.4 Å². The van der Waals surface area contributed by atoms with E-state index < -0.39 is 9.84 Å². The zero-order chi connectivity index (χ0) is 16.3. The van der Waals surface area contributed by atoms with Crippen LogP contribution in [0.5, 0.6) is 0 Å². The minimum absolute atomic E-state index is 0.121. The number of unbranched alkanes of at least 4 members (excludes halogenated alkanes) is 1. The molecule has 0 aliphatic rings. The Hall–Kier alpha value is -1.40.